The number of amides is 1. The third-order valence-corrected chi connectivity index (χ3v) is 7.45. The van der Waals surface area contributed by atoms with E-state index < -0.39 is 0 Å². The molecule has 39 heavy (non-hydrogen) atoms. The number of furan rings is 1. The summed E-state index contributed by atoms with van der Waals surface area (Å²) < 4.78 is 11.9. The maximum absolute atomic E-state index is 12.4. The van der Waals surface area contributed by atoms with Gasteiger partial charge in [0.2, 0.25) is 0 Å². The van der Waals surface area contributed by atoms with E-state index in [1.807, 2.05) is 43.3 Å². The number of halogens is 1. The predicted molar refractivity (Wildman–Crippen MR) is 157 cm³/mol. The Morgan fingerprint density at radius 3 is 2.46 bits per heavy atom. The third-order valence-electron chi connectivity index (χ3n) is 7.45. The molecule has 0 unspecified atom stereocenters. The Morgan fingerprint density at radius 1 is 1.05 bits per heavy atom. The zero-order valence-corrected chi connectivity index (χ0v) is 23.8. The van der Waals surface area contributed by atoms with E-state index >= 15 is 0 Å². The number of nitrogens with zero attached hydrogens (tertiary/aromatic N) is 4. The number of benzene rings is 2. The Bertz CT molecular complexity index is 1560. The number of hydrogen-bond acceptors (Lipinski definition) is 5. The molecule has 3 heterocycles. The van der Waals surface area contributed by atoms with Gasteiger partial charge in [-0.05, 0) is 61.7 Å². The van der Waals surface area contributed by atoms with E-state index in [0.717, 1.165) is 46.4 Å². The second-order valence-electron chi connectivity index (χ2n) is 10.4. The number of carbonyl (C=O) groups excluding carboxylic acids is 1. The van der Waals surface area contributed by atoms with Crippen LogP contribution in [0.3, 0.4) is 0 Å². The molecular weight excluding hydrogens is 512 g/mol. The summed E-state index contributed by atoms with van der Waals surface area (Å²) in [6.45, 7) is 17.4. The lowest BCUT2D eigenvalue weighted by molar-refractivity contribution is -0.0115. The lowest BCUT2D eigenvalue weighted by Crippen LogP contribution is -2.47. The molecule has 8 heteroatoms. The van der Waals surface area contributed by atoms with Gasteiger partial charge in [-0.25, -0.2) is 4.85 Å². The highest BCUT2D eigenvalue weighted by molar-refractivity contribution is 5.96. The first kappa shape index (κ1) is 28.3. The Labute approximate surface area is 235 Å². The van der Waals surface area contributed by atoms with Gasteiger partial charge >= 0.3 is 0 Å². The zero-order chi connectivity index (χ0) is 27.0. The summed E-state index contributed by atoms with van der Waals surface area (Å²) in [6.07, 6.45) is 1.77. The molecule has 1 aliphatic rings. The lowest BCUT2D eigenvalue weighted by Gasteiger charge is -2.42. The molecule has 0 spiro atoms. The van der Waals surface area contributed by atoms with Crippen molar-refractivity contribution >= 4 is 35.1 Å². The smallest absolute Gasteiger partial charge is 0.253 e. The van der Waals surface area contributed by atoms with Gasteiger partial charge in [-0.2, -0.15) is 0 Å². The Balaban J connectivity index is 0.00000353. The summed E-state index contributed by atoms with van der Waals surface area (Å²) in [5.41, 5.74) is 7.06. The van der Waals surface area contributed by atoms with Crippen LogP contribution in [0.25, 0.3) is 38.4 Å². The van der Waals surface area contributed by atoms with Crippen LogP contribution in [0.1, 0.15) is 35.3 Å². The molecule has 0 bridgehead atoms. The van der Waals surface area contributed by atoms with E-state index in [9.17, 15) is 4.79 Å². The summed E-state index contributed by atoms with van der Waals surface area (Å²) in [5.74, 6) is 0.654. The maximum atomic E-state index is 12.4. The van der Waals surface area contributed by atoms with Crippen LogP contribution >= 0.6 is 12.4 Å². The van der Waals surface area contributed by atoms with E-state index in [1.165, 1.54) is 0 Å². The molecule has 2 aromatic heterocycles. The van der Waals surface area contributed by atoms with Crippen LogP contribution in [-0.4, -0.2) is 61.1 Å². The second kappa shape index (κ2) is 11.2. The number of pyridine rings is 1. The number of aromatic nitrogens is 1. The van der Waals surface area contributed by atoms with Crippen molar-refractivity contribution in [3.05, 3.63) is 82.8 Å². The molecule has 0 N–H and O–H groups in total. The molecule has 1 aliphatic heterocycles. The van der Waals surface area contributed by atoms with E-state index in [0.29, 0.717) is 35.8 Å². The molecule has 1 fully saturated rings. The fraction of sp³-hybridized carbons (Fsp3) is 0.323. The van der Waals surface area contributed by atoms with Crippen molar-refractivity contribution in [3.8, 4) is 22.5 Å². The summed E-state index contributed by atoms with van der Waals surface area (Å²) in [6, 6.07) is 15.6. The van der Waals surface area contributed by atoms with Crippen molar-refractivity contribution in [2.75, 3.05) is 40.4 Å². The minimum Gasteiger partial charge on any atom is -0.454 e. The average Bonchev–Trinajstić information content (AvgIpc) is 3.36. The highest BCUT2D eigenvalue weighted by Gasteiger charge is 2.32. The van der Waals surface area contributed by atoms with Crippen LogP contribution in [-0.2, 0) is 10.3 Å². The minimum absolute atomic E-state index is 0. The minimum atomic E-state index is -0.286. The second-order valence-corrected chi connectivity index (χ2v) is 10.4. The fourth-order valence-electron chi connectivity index (χ4n) is 5.23. The van der Waals surface area contributed by atoms with Gasteiger partial charge in [0.15, 0.2) is 11.3 Å². The van der Waals surface area contributed by atoms with Gasteiger partial charge < -0.3 is 14.1 Å². The van der Waals surface area contributed by atoms with Gasteiger partial charge in [0.05, 0.1) is 19.8 Å². The molecule has 0 aliphatic carbocycles. The van der Waals surface area contributed by atoms with Crippen LogP contribution in [0.2, 0.25) is 0 Å². The molecule has 2 aromatic carbocycles. The average molecular weight is 545 g/mol. The largest absolute Gasteiger partial charge is 0.454 e. The van der Waals surface area contributed by atoms with Crippen molar-refractivity contribution < 1.29 is 13.9 Å². The van der Waals surface area contributed by atoms with Gasteiger partial charge in [0.1, 0.15) is 11.3 Å². The van der Waals surface area contributed by atoms with Crippen molar-refractivity contribution in [2.24, 2.45) is 0 Å². The quantitative estimate of drug-likeness (QED) is 0.261. The summed E-state index contributed by atoms with van der Waals surface area (Å²) in [5, 5.41) is 0. The van der Waals surface area contributed by atoms with Crippen LogP contribution in [0.4, 0.5) is 5.69 Å². The highest BCUT2D eigenvalue weighted by atomic mass is 35.5. The molecule has 202 valence electrons. The number of rotatable bonds is 5. The summed E-state index contributed by atoms with van der Waals surface area (Å²) in [4.78, 5) is 24.8. The Kier molecular flexibility index (Phi) is 8.12. The van der Waals surface area contributed by atoms with Gasteiger partial charge in [-0.15, -0.1) is 12.4 Å². The normalized spacial score (nSPS) is 14.1. The van der Waals surface area contributed by atoms with E-state index in [1.54, 1.807) is 25.2 Å². The van der Waals surface area contributed by atoms with Gasteiger partial charge in [-0.1, -0.05) is 18.2 Å². The van der Waals surface area contributed by atoms with Crippen molar-refractivity contribution in [1.29, 1.82) is 0 Å². The third kappa shape index (κ3) is 5.28. The molecule has 0 saturated carbocycles. The predicted octanol–water partition coefficient (Wildman–Crippen LogP) is 6.71. The van der Waals surface area contributed by atoms with E-state index in [4.69, 9.17) is 15.7 Å². The van der Waals surface area contributed by atoms with Gasteiger partial charge in [0, 0.05) is 61.7 Å². The molecule has 0 radical (unpaired) electrons. The standard InChI is InChI=1S/C31H32N4O3.ClH/c1-20-17-22(30(36)34(5)6)7-9-23(20)28-19-27-29(38-28)24(11-12-33-27)21-8-10-25(26(18-21)32-4)31(2,3)35-13-15-37-16-14-35;/h7-12,17-19H,13-16H2,1-3,5-6H3;1H. The van der Waals surface area contributed by atoms with Crippen molar-refractivity contribution in [3.63, 3.8) is 0 Å². The van der Waals surface area contributed by atoms with Crippen molar-refractivity contribution in [1.82, 2.24) is 14.8 Å². The zero-order valence-electron chi connectivity index (χ0n) is 22.9. The Morgan fingerprint density at radius 2 is 1.79 bits per heavy atom. The van der Waals surface area contributed by atoms with Crippen LogP contribution in [0, 0.1) is 13.5 Å². The molecule has 0 atom stereocenters. The molecule has 4 aromatic rings. The van der Waals surface area contributed by atoms with E-state index in [-0.39, 0.29) is 23.9 Å². The number of aryl methyl sites for hydroxylation is 1. The van der Waals surface area contributed by atoms with E-state index in [2.05, 4.69) is 40.7 Å². The van der Waals surface area contributed by atoms with Gasteiger partial charge in [0.25, 0.3) is 5.91 Å². The molecule has 7 nitrogen and oxygen atoms in total. The van der Waals surface area contributed by atoms with Crippen LogP contribution in [0.5, 0.6) is 0 Å². The first-order valence-electron chi connectivity index (χ1n) is 12.8. The summed E-state index contributed by atoms with van der Waals surface area (Å²) >= 11 is 0. The number of hydrogen-bond donors (Lipinski definition) is 0. The number of ether oxygens (including phenoxy) is 1. The molecule has 1 saturated heterocycles. The topological polar surface area (TPSA) is 63.2 Å². The van der Waals surface area contributed by atoms with Gasteiger partial charge in [-0.3, -0.25) is 14.7 Å². The number of morpholine rings is 1. The molecular formula is C31H33ClN4O3. The van der Waals surface area contributed by atoms with Crippen LogP contribution in [0.15, 0.2) is 59.1 Å². The first-order valence-corrected chi connectivity index (χ1v) is 12.8. The van der Waals surface area contributed by atoms with Crippen molar-refractivity contribution in [2.45, 2.75) is 26.3 Å². The maximum Gasteiger partial charge on any atom is 0.253 e. The SMILES string of the molecule is Cl.[C-]#[N+]c1cc(-c2ccnc3cc(-c4ccc(C(=O)N(C)C)cc4C)oc23)ccc1C(C)(C)N1CCOCC1. The Hall–Kier alpha value is -3.70. The lowest BCUT2D eigenvalue weighted by atomic mass is 9.88. The number of fused-ring (bicyclic) bond motifs is 1. The fourth-order valence-corrected chi connectivity index (χ4v) is 5.23. The summed E-state index contributed by atoms with van der Waals surface area (Å²) in [7, 11) is 3.49. The highest BCUT2D eigenvalue weighted by Crippen LogP contribution is 2.40. The molecule has 5 rings (SSSR count). The number of carbonyl (C=O) groups is 1. The van der Waals surface area contributed by atoms with Crippen LogP contribution < -0.4 is 0 Å². The monoisotopic (exact) mass is 544 g/mol. The first-order chi connectivity index (χ1) is 18.2. The molecule has 1 amide bonds.